The molecule has 0 heterocycles. The van der Waals surface area contributed by atoms with Crippen LogP contribution in [0.2, 0.25) is 0 Å². The van der Waals surface area contributed by atoms with Crippen LogP contribution in [0.3, 0.4) is 0 Å². The molecular formula is C26H30O6. The maximum Gasteiger partial charge on any atom is 0.119 e. The number of ether oxygens (including phenoxy) is 6. The normalized spacial score (nSPS) is 10.3. The van der Waals surface area contributed by atoms with Crippen molar-refractivity contribution in [3.63, 3.8) is 0 Å². The summed E-state index contributed by atoms with van der Waals surface area (Å²) in [5.41, 5.74) is 1.66. The molecule has 0 spiro atoms. The Hall–Kier alpha value is -3.00. The first-order chi connectivity index (χ1) is 15.8. The van der Waals surface area contributed by atoms with E-state index in [9.17, 15) is 0 Å². The van der Waals surface area contributed by atoms with Crippen LogP contribution in [0.4, 0.5) is 0 Å². The predicted molar refractivity (Wildman–Crippen MR) is 123 cm³/mol. The lowest BCUT2D eigenvalue weighted by Gasteiger charge is -2.09. The van der Waals surface area contributed by atoms with E-state index in [0.29, 0.717) is 66.1 Å². The monoisotopic (exact) mass is 438 g/mol. The van der Waals surface area contributed by atoms with Gasteiger partial charge in [-0.25, -0.2) is 0 Å². The number of hydrogen-bond donors (Lipinski definition) is 0. The van der Waals surface area contributed by atoms with E-state index >= 15 is 0 Å². The van der Waals surface area contributed by atoms with Gasteiger partial charge in [0.15, 0.2) is 0 Å². The van der Waals surface area contributed by atoms with Crippen molar-refractivity contribution < 1.29 is 28.4 Å². The third kappa shape index (κ3) is 11.4. The molecule has 0 fully saturated rings. The summed E-state index contributed by atoms with van der Waals surface area (Å²) in [5, 5.41) is 0. The molecule has 32 heavy (non-hydrogen) atoms. The number of hydrogen-bond acceptors (Lipinski definition) is 6. The fraction of sp³-hybridized carbons (Fsp3) is 0.385. The maximum atomic E-state index is 5.56. The summed E-state index contributed by atoms with van der Waals surface area (Å²) in [7, 11) is 0. The van der Waals surface area contributed by atoms with Crippen molar-refractivity contribution in [2.75, 3.05) is 66.1 Å². The zero-order chi connectivity index (χ0) is 22.7. The second-order valence-electron chi connectivity index (χ2n) is 6.48. The Kier molecular flexibility index (Phi) is 13.2. The van der Waals surface area contributed by atoms with Gasteiger partial charge in [-0.1, -0.05) is 11.8 Å². The van der Waals surface area contributed by atoms with Gasteiger partial charge in [-0.2, -0.15) is 0 Å². The van der Waals surface area contributed by atoms with E-state index in [4.69, 9.17) is 41.3 Å². The van der Waals surface area contributed by atoms with Crippen molar-refractivity contribution in [2.45, 2.75) is 0 Å². The summed E-state index contributed by atoms with van der Waals surface area (Å²) >= 11 is 0. The second kappa shape index (κ2) is 16.7. The van der Waals surface area contributed by atoms with Gasteiger partial charge in [0.25, 0.3) is 0 Å². The molecular weight excluding hydrogens is 408 g/mol. The highest BCUT2D eigenvalue weighted by Gasteiger charge is 1.97. The molecule has 0 N–H and O–H groups in total. The van der Waals surface area contributed by atoms with E-state index in [0.717, 1.165) is 22.6 Å². The minimum Gasteiger partial charge on any atom is -0.491 e. The van der Waals surface area contributed by atoms with Crippen molar-refractivity contribution in [1.29, 1.82) is 0 Å². The Bertz CT molecular complexity index is 746. The zero-order valence-corrected chi connectivity index (χ0v) is 18.3. The van der Waals surface area contributed by atoms with Crippen LogP contribution in [-0.2, 0) is 18.9 Å². The lowest BCUT2D eigenvalue weighted by Crippen LogP contribution is -2.14. The molecule has 6 nitrogen and oxygen atoms in total. The van der Waals surface area contributed by atoms with Crippen LogP contribution >= 0.6 is 0 Å². The zero-order valence-electron chi connectivity index (χ0n) is 18.3. The third-order valence-electron chi connectivity index (χ3n) is 4.15. The molecule has 0 aliphatic rings. The molecule has 2 aromatic carbocycles. The number of rotatable bonds is 17. The lowest BCUT2D eigenvalue weighted by atomic mass is 10.2. The van der Waals surface area contributed by atoms with Crippen molar-refractivity contribution in [3.05, 3.63) is 59.7 Å². The van der Waals surface area contributed by atoms with Crippen LogP contribution in [0, 0.1) is 24.7 Å². The first-order valence-electron chi connectivity index (χ1n) is 10.5. The Morgan fingerprint density at radius 2 is 0.719 bits per heavy atom. The van der Waals surface area contributed by atoms with Gasteiger partial charge >= 0.3 is 0 Å². The molecule has 0 radical (unpaired) electrons. The summed E-state index contributed by atoms with van der Waals surface area (Å²) in [6.07, 6.45) is 10.6. The van der Waals surface area contributed by atoms with E-state index in [1.165, 1.54) is 0 Å². The predicted octanol–water partition coefficient (Wildman–Crippen LogP) is 3.17. The standard InChI is InChI=1S/C26H30O6/c1-3-23-5-9-25(10-6-23)31-21-19-29-17-15-27-13-14-28-16-18-30-20-22-32-26-11-7-24(4-2)8-12-26/h1-2,5-12H,13-22H2. The van der Waals surface area contributed by atoms with Crippen LogP contribution in [0.25, 0.3) is 0 Å². The molecule has 170 valence electrons. The number of terminal acetylenes is 2. The van der Waals surface area contributed by atoms with Crippen molar-refractivity contribution in [1.82, 2.24) is 0 Å². The molecule has 0 saturated carbocycles. The lowest BCUT2D eigenvalue weighted by molar-refractivity contribution is -0.00699. The van der Waals surface area contributed by atoms with Crippen molar-refractivity contribution in [3.8, 4) is 36.2 Å². The molecule has 0 unspecified atom stereocenters. The summed E-state index contributed by atoms with van der Waals surface area (Å²) in [5.74, 6) is 6.67. The van der Waals surface area contributed by atoms with Crippen molar-refractivity contribution in [2.24, 2.45) is 0 Å². The van der Waals surface area contributed by atoms with E-state index in [1.807, 2.05) is 48.5 Å². The summed E-state index contributed by atoms with van der Waals surface area (Å²) < 4.78 is 33.0. The SMILES string of the molecule is C#Cc1ccc(OCCOCCOCCOCCOCCOc2ccc(C#C)cc2)cc1. The van der Waals surface area contributed by atoms with Crippen LogP contribution in [-0.4, -0.2) is 66.1 Å². The minimum absolute atomic E-state index is 0.474. The molecule has 0 atom stereocenters. The van der Waals surface area contributed by atoms with E-state index in [-0.39, 0.29) is 0 Å². The quantitative estimate of drug-likeness (QED) is 0.279. The van der Waals surface area contributed by atoms with Gasteiger partial charge in [-0.05, 0) is 48.5 Å². The molecule has 0 aliphatic carbocycles. The van der Waals surface area contributed by atoms with Gasteiger partial charge in [0.05, 0.1) is 52.9 Å². The van der Waals surface area contributed by atoms with Gasteiger partial charge < -0.3 is 28.4 Å². The molecule has 0 aliphatic heterocycles. The van der Waals surface area contributed by atoms with Gasteiger partial charge in [0, 0.05) is 11.1 Å². The van der Waals surface area contributed by atoms with Crippen LogP contribution in [0.15, 0.2) is 48.5 Å². The molecule has 0 bridgehead atoms. The molecule has 0 amide bonds. The molecule has 2 rings (SSSR count). The Labute approximate surface area is 190 Å². The topological polar surface area (TPSA) is 55.4 Å². The third-order valence-corrected chi connectivity index (χ3v) is 4.15. The first-order valence-corrected chi connectivity index (χ1v) is 10.5. The molecule has 0 aromatic heterocycles. The highest BCUT2D eigenvalue weighted by Crippen LogP contribution is 2.12. The minimum atomic E-state index is 0.474. The van der Waals surface area contributed by atoms with E-state index < -0.39 is 0 Å². The molecule has 6 heteroatoms. The molecule has 0 saturated heterocycles. The van der Waals surface area contributed by atoms with Gasteiger partial charge in [0.1, 0.15) is 24.7 Å². The van der Waals surface area contributed by atoms with Gasteiger partial charge in [0.2, 0.25) is 0 Å². The van der Waals surface area contributed by atoms with Crippen molar-refractivity contribution >= 4 is 0 Å². The Morgan fingerprint density at radius 3 is 1.00 bits per heavy atom. The van der Waals surface area contributed by atoms with Crippen LogP contribution in [0.1, 0.15) is 11.1 Å². The average molecular weight is 439 g/mol. The average Bonchev–Trinajstić information content (AvgIpc) is 2.84. The smallest absolute Gasteiger partial charge is 0.119 e. The number of benzene rings is 2. The Morgan fingerprint density at radius 1 is 0.438 bits per heavy atom. The molecule has 2 aromatic rings. The van der Waals surface area contributed by atoms with Gasteiger partial charge in [-0.15, -0.1) is 12.8 Å². The van der Waals surface area contributed by atoms with Gasteiger partial charge in [-0.3, -0.25) is 0 Å². The largest absolute Gasteiger partial charge is 0.491 e. The Balaban J connectivity index is 1.29. The summed E-state index contributed by atoms with van der Waals surface area (Å²) in [6.45, 7) is 5.00. The van der Waals surface area contributed by atoms with E-state index in [1.54, 1.807) is 0 Å². The highest BCUT2D eigenvalue weighted by molar-refractivity contribution is 5.37. The van der Waals surface area contributed by atoms with Crippen LogP contribution < -0.4 is 9.47 Å². The van der Waals surface area contributed by atoms with Crippen LogP contribution in [0.5, 0.6) is 11.5 Å². The summed E-state index contributed by atoms with van der Waals surface area (Å²) in [4.78, 5) is 0. The van der Waals surface area contributed by atoms with E-state index in [2.05, 4.69) is 11.8 Å². The fourth-order valence-electron chi connectivity index (χ4n) is 2.49. The maximum absolute atomic E-state index is 5.56. The first kappa shape index (κ1) is 25.3. The fourth-order valence-corrected chi connectivity index (χ4v) is 2.49. The second-order valence-corrected chi connectivity index (χ2v) is 6.48. The summed E-state index contributed by atoms with van der Waals surface area (Å²) in [6, 6.07) is 14.8. The highest BCUT2D eigenvalue weighted by atomic mass is 16.6.